The number of thiophene rings is 1. The monoisotopic (exact) mass is 288 g/mol. The first-order valence-electron chi connectivity index (χ1n) is 6.34. The van der Waals surface area contributed by atoms with Gasteiger partial charge >= 0.3 is 0 Å². The van der Waals surface area contributed by atoms with Crippen molar-refractivity contribution in [3.05, 3.63) is 45.6 Å². The van der Waals surface area contributed by atoms with Gasteiger partial charge in [0.25, 0.3) is 0 Å². The summed E-state index contributed by atoms with van der Waals surface area (Å²) >= 11 is 1.56. The van der Waals surface area contributed by atoms with Crippen LogP contribution in [0.4, 0.5) is 5.69 Å². The van der Waals surface area contributed by atoms with E-state index >= 15 is 0 Å². The Bertz CT molecular complexity index is 617. The summed E-state index contributed by atoms with van der Waals surface area (Å²) in [5.74, 6) is 0.712. The fourth-order valence-electron chi connectivity index (χ4n) is 1.83. The van der Waals surface area contributed by atoms with Gasteiger partial charge in [-0.3, -0.25) is 0 Å². The van der Waals surface area contributed by atoms with Gasteiger partial charge in [0, 0.05) is 28.1 Å². The zero-order valence-corrected chi connectivity index (χ0v) is 12.0. The van der Waals surface area contributed by atoms with Gasteiger partial charge in [-0.25, -0.2) is 0 Å². The Labute approximate surface area is 122 Å². The summed E-state index contributed by atoms with van der Waals surface area (Å²) in [6, 6.07) is 9.64. The molecule has 0 radical (unpaired) electrons. The van der Waals surface area contributed by atoms with Gasteiger partial charge in [-0.1, -0.05) is 0 Å². The van der Waals surface area contributed by atoms with Crippen molar-refractivity contribution in [1.29, 1.82) is 5.26 Å². The number of aliphatic hydroxyl groups excluding tert-OH is 1. The van der Waals surface area contributed by atoms with Crippen LogP contribution in [0.2, 0.25) is 0 Å². The van der Waals surface area contributed by atoms with Gasteiger partial charge in [0.05, 0.1) is 18.8 Å². The maximum absolute atomic E-state index is 9.35. The molecule has 1 aromatic carbocycles. The zero-order chi connectivity index (χ0) is 14.4. The molecular formula is C15H16N2O2S. The molecule has 0 fully saturated rings. The number of rotatable bonds is 6. The van der Waals surface area contributed by atoms with Crippen LogP contribution in [-0.4, -0.2) is 11.7 Å². The Hall–Kier alpha value is -2.03. The molecule has 0 atom stereocenters. The zero-order valence-electron chi connectivity index (χ0n) is 11.2. The molecule has 1 heterocycles. The minimum absolute atomic E-state index is 0.0531. The van der Waals surface area contributed by atoms with Gasteiger partial charge in [0.15, 0.2) is 0 Å². The summed E-state index contributed by atoms with van der Waals surface area (Å²) in [5, 5.41) is 23.2. The lowest BCUT2D eigenvalue weighted by atomic mass is 10.2. The van der Waals surface area contributed by atoms with Crippen LogP contribution in [0.1, 0.15) is 22.9 Å². The van der Waals surface area contributed by atoms with E-state index in [9.17, 15) is 5.11 Å². The van der Waals surface area contributed by atoms with Crippen LogP contribution in [0.5, 0.6) is 5.75 Å². The summed E-state index contributed by atoms with van der Waals surface area (Å²) in [6.07, 6.45) is 0. The molecule has 0 aliphatic rings. The van der Waals surface area contributed by atoms with E-state index in [-0.39, 0.29) is 6.61 Å². The molecule has 0 bridgehead atoms. The molecule has 2 aromatic rings. The highest BCUT2D eigenvalue weighted by molar-refractivity contribution is 7.10. The second-order valence-electron chi connectivity index (χ2n) is 4.18. The topological polar surface area (TPSA) is 65.3 Å². The molecule has 0 aliphatic carbocycles. The molecule has 4 nitrogen and oxygen atoms in total. The summed E-state index contributed by atoms with van der Waals surface area (Å²) in [4.78, 5) is 1.10. The number of aliphatic hydroxyl groups is 1. The molecule has 0 saturated heterocycles. The van der Waals surface area contributed by atoms with Crippen molar-refractivity contribution in [3.8, 4) is 11.8 Å². The van der Waals surface area contributed by atoms with E-state index in [4.69, 9.17) is 10.00 Å². The minimum Gasteiger partial charge on any atom is -0.494 e. The Morgan fingerprint density at radius 1 is 1.40 bits per heavy atom. The molecule has 0 unspecified atom stereocenters. The normalized spacial score (nSPS) is 10.1. The number of nitrogens with one attached hydrogen (secondary N) is 1. The standard InChI is InChI=1S/C15H16N2O2S/c1-2-19-15-4-3-13(6-12(15)9-18)17-8-14-5-11(7-16)10-20-14/h3-6,10,17-18H,2,8-9H2,1H3. The molecule has 0 amide bonds. The Kier molecular flexibility index (Phi) is 4.99. The summed E-state index contributed by atoms with van der Waals surface area (Å²) in [7, 11) is 0. The number of nitriles is 1. The predicted octanol–water partition coefficient (Wildman–Crippen LogP) is 3.12. The van der Waals surface area contributed by atoms with Gasteiger partial charge in [-0.05, 0) is 31.2 Å². The molecule has 2 rings (SSSR count). The fraction of sp³-hybridized carbons (Fsp3) is 0.267. The molecule has 2 N–H and O–H groups in total. The lowest BCUT2D eigenvalue weighted by Gasteiger charge is -2.11. The second-order valence-corrected chi connectivity index (χ2v) is 5.18. The molecule has 104 valence electrons. The lowest BCUT2D eigenvalue weighted by molar-refractivity contribution is 0.267. The third kappa shape index (κ3) is 3.50. The van der Waals surface area contributed by atoms with Crippen molar-refractivity contribution in [2.45, 2.75) is 20.1 Å². The maximum Gasteiger partial charge on any atom is 0.124 e. The number of anilines is 1. The third-order valence-corrected chi connectivity index (χ3v) is 3.72. The second kappa shape index (κ2) is 6.94. The first-order valence-corrected chi connectivity index (χ1v) is 7.22. The quantitative estimate of drug-likeness (QED) is 0.857. The summed E-state index contributed by atoms with van der Waals surface area (Å²) in [6.45, 7) is 3.09. The van der Waals surface area contributed by atoms with Crippen LogP contribution in [0.3, 0.4) is 0 Å². The van der Waals surface area contributed by atoms with Crippen LogP contribution >= 0.6 is 11.3 Å². The van der Waals surface area contributed by atoms with Gasteiger partial charge < -0.3 is 15.2 Å². The minimum atomic E-state index is -0.0531. The number of hydrogen-bond donors (Lipinski definition) is 2. The molecule has 20 heavy (non-hydrogen) atoms. The highest BCUT2D eigenvalue weighted by Crippen LogP contribution is 2.24. The van der Waals surface area contributed by atoms with Gasteiger partial charge in [-0.2, -0.15) is 5.26 Å². The molecule has 0 saturated carbocycles. The van der Waals surface area contributed by atoms with E-state index in [0.717, 1.165) is 16.1 Å². The van der Waals surface area contributed by atoms with E-state index in [1.54, 1.807) is 11.3 Å². The highest BCUT2D eigenvalue weighted by atomic mass is 32.1. The number of benzene rings is 1. The van der Waals surface area contributed by atoms with Crippen molar-refractivity contribution in [1.82, 2.24) is 0 Å². The lowest BCUT2D eigenvalue weighted by Crippen LogP contribution is -2.01. The van der Waals surface area contributed by atoms with E-state index < -0.39 is 0 Å². The van der Waals surface area contributed by atoms with Crippen molar-refractivity contribution < 1.29 is 9.84 Å². The SMILES string of the molecule is CCOc1ccc(NCc2cc(C#N)cs2)cc1CO. The average molecular weight is 288 g/mol. The van der Waals surface area contributed by atoms with Crippen molar-refractivity contribution in [2.75, 3.05) is 11.9 Å². The highest BCUT2D eigenvalue weighted by Gasteiger charge is 2.05. The number of ether oxygens (including phenoxy) is 1. The van der Waals surface area contributed by atoms with Crippen molar-refractivity contribution >= 4 is 17.0 Å². The average Bonchev–Trinajstić information content (AvgIpc) is 2.94. The fourth-order valence-corrected chi connectivity index (χ4v) is 2.58. The van der Waals surface area contributed by atoms with Gasteiger partial charge in [0.1, 0.15) is 11.8 Å². The molecule has 0 spiro atoms. The molecular weight excluding hydrogens is 272 g/mol. The van der Waals surface area contributed by atoms with Crippen LogP contribution in [0.15, 0.2) is 29.6 Å². The largest absolute Gasteiger partial charge is 0.494 e. The van der Waals surface area contributed by atoms with Crippen molar-refractivity contribution in [2.24, 2.45) is 0 Å². The van der Waals surface area contributed by atoms with Crippen molar-refractivity contribution in [3.63, 3.8) is 0 Å². The smallest absolute Gasteiger partial charge is 0.124 e. The van der Waals surface area contributed by atoms with Gasteiger partial charge in [0.2, 0.25) is 0 Å². The van der Waals surface area contributed by atoms with Crippen LogP contribution in [0, 0.1) is 11.3 Å². The Morgan fingerprint density at radius 3 is 2.90 bits per heavy atom. The number of nitrogens with zero attached hydrogens (tertiary/aromatic N) is 1. The first-order chi connectivity index (χ1) is 9.76. The molecule has 1 aromatic heterocycles. The summed E-state index contributed by atoms with van der Waals surface area (Å²) in [5.41, 5.74) is 2.37. The summed E-state index contributed by atoms with van der Waals surface area (Å²) < 4.78 is 5.44. The predicted molar refractivity (Wildman–Crippen MR) is 79.9 cm³/mol. The maximum atomic E-state index is 9.35. The van der Waals surface area contributed by atoms with Crippen LogP contribution in [-0.2, 0) is 13.2 Å². The van der Waals surface area contributed by atoms with Crippen LogP contribution < -0.4 is 10.1 Å². The van der Waals surface area contributed by atoms with Gasteiger partial charge in [-0.15, -0.1) is 11.3 Å². The van der Waals surface area contributed by atoms with Crippen LogP contribution in [0.25, 0.3) is 0 Å². The Morgan fingerprint density at radius 2 is 2.25 bits per heavy atom. The van der Waals surface area contributed by atoms with E-state index in [1.165, 1.54) is 0 Å². The third-order valence-electron chi connectivity index (χ3n) is 2.78. The molecule has 0 aliphatic heterocycles. The van der Waals surface area contributed by atoms with E-state index in [2.05, 4.69) is 11.4 Å². The van der Waals surface area contributed by atoms with E-state index in [0.29, 0.717) is 24.5 Å². The van der Waals surface area contributed by atoms with E-state index in [1.807, 2.05) is 36.6 Å². The first kappa shape index (κ1) is 14.4. The number of hydrogen-bond acceptors (Lipinski definition) is 5. The Balaban J connectivity index is 2.04. The molecule has 5 heteroatoms.